The van der Waals surface area contributed by atoms with Crippen molar-refractivity contribution < 1.29 is 18.7 Å². The molecule has 1 rings (SSSR count). The van der Waals surface area contributed by atoms with Gasteiger partial charge in [-0.15, -0.1) is 0 Å². The Hall–Kier alpha value is -1.04. The first-order valence-electron chi connectivity index (χ1n) is 3.19. The maximum Gasteiger partial charge on any atom is 0.338 e. The highest BCUT2D eigenvalue weighted by molar-refractivity contribution is 9.10. The van der Waals surface area contributed by atoms with Crippen molar-refractivity contribution in [1.82, 2.24) is 4.98 Å². The van der Waals surface area contributed by atoms with Crippen molar-refractivity contribution in [2.24, 2.45) is 0 Å². The van der Waals surface area contributed by atoms with E-state index in [-0.39, 0.29) is 10.2 Å². The van der Waals surface area contributed by atoms with E-state index >= 15 is 0 Å². The minimum atomic E-state index is -2.71. The third-order valence-electron chi connectivity index (χ3n) is 1.34. The number of aromatic carboxylic acids is 1. The first kappa shape index (κ1) is 10.0. The molecular formula is C7H4BrF2NO2. The molecule has 1 N–H and O–H groups in total. The van der Waals surface area contributed by atoms with Crippen molar-refractivity contribution in [3.05, 3.63) is 28.0 Å². The van der Waals surface area contributed by atoms with Crippen LogP contribution in [0, 0.1) is 0 Å². The molecule has 1 aromatic heterocycles. The third kappa shape index (κ3) is 2.21. The predicted octanol–water partition coefficient (Wildman–Crippen LogP) is 2.48. The molecule has 0 aliphatic rings. The molecule has 0 radical (unpaired) electrons. The van der Waals surface area contributed by atoms with Crippen molar-refractivity contribution in [3.8, 4) is 0 Å². The largest absolute Gasteiger partial charge is 0.478 e. The van der Waals surface area contributed by atoms with Gasteiger partial charge in [-0.3, -0.25) is 0 Å². The van der Waals surface area contributed by atoms with Gasteiger partial charge in [0.1, 0.15) is 4.60 Å². The topological polar surface area (TPSA) is 50.2 Å². The van der Waals surface area contributed by atoms with Crippen LogP contribution in [0.3, 0.4) is 0 Å². The van der Waals surface area contributed by atoms with Crippen molar-refractivity contribution in [2.45, 2.75) is 6.43 Å². The molecule has 0 saturated heterocycles. The third-order valence-corrected chi connectivity index (χ3v) is 1.97. The molecule has 6 heteroatoms. The van der Waals surface area contributed by atoms with E-state index in [9.17, 15) is 13.6 Å². The Labute approximate surface area is 80.5 Å². The van der Waals surface area contributed by atoms with Crippen molar-refractivity contribution >= 4 is 21.9 Å². The smallest absolute Gasteiger partial charge is 0.338 e. The predicted molar refractivity (Wildman–Crippen MR) is 43.9 cm³/mol. The average molecular weight is 252 g/mol. The summed E-state index contributed by atoms with van der Waals surface area (Å²) in [7, 11) is 0. The molecule has 0 aliphatic carbocycles. The molecule has 3 nitrogen and oxygen atoms in total. The summed E-state index contributed by atoms with van der Waals surface area (Å²) < 4.78 is 24.2. The van der Waals surface area contributed by atoms with E-state index < -0.39 is 18.0 Å². The van der Waals surface area contributed by atoms with Gasteiger partial charge in [-0.05, 0) is 22.0 Å². The lowest BCUT2D eigenvalue weighted by Crippen LogP contribution is -2.01. The Morgan fingerprint density at radius 3 is 2.69 bits per heavy atom. The Morgan fingerprint density at radius 2 is 2.23 bits per heavy atom. The van der Waals surface area contributed by atoms with Gasteiger partial charge in [0.15, 0.2) is 0 Å². The van der Waals surface area contributed by atoms with Crippen molar-refractivity contribution in [2.75, 3.05) is 0 Å². The lowest BCUT2D eigenvalue weighted by Gasteiger charge is -2.01. The van der Waals surface area contributed by atoms with E-state index in [1.165, 1.54) is 0 Å². The number of carbonyl (C=O) groups is 1. The van der Waals surface area contributed by atoms with Crippen LogP contribution >= 0.6 is 15.9 Å². The number of hydrogen-bond donors (Lipinski definition) is 1. The zero-order valence-electron chi connectivity index (χ0n) is 6.17. The Kier molecular flexibility index (Phi) is 2.92. The second-order valence-corrected chi connectivity index (χ2v) is 2.96. The highest BCUT2D eigenvalue weighted by Crippen LogP contribution is 2.22. The lowest BCUT2D eigenvalue weighted by atomic mass is 10.2. The van der Waals surface area contributed by atoms with Crippen LogP contribution in [0.1, 0.15) is 22.3 Å². The fraction of sp³-hybridized carbons (Fsp3) is 0.143. The number of aromatic nitrogens is 1. The Bertz CT molecular complexity index is 343. The average Bonchev–Trinajstić information content (AvgIpc) is 2.04. The highest BCUT2D eigenvalue weighted by Gasteiger charge is 2.14. The molecule has 0 amide bonds. The van der Waals surface area contributed by atoms with E-state index in [1.807, 2.05) is 0 Å². The molecule has 70 valence electrons. The Balaban J connectivity index is 3.19. The number of rotatable bonds is 2. The second kappa shape index (κ2) is 3.78. The number of carboxylic acids is 1. The van der Waals surface area contributed by atoms with Gasteiger partial charge in [-0.1, -0.05) is 0 Å². The van der Waals surface area contributed by atoms with Crippen LogP contribution in [-0.2, 0) is 0 Å². The van der Waals surface area contributed by atoms with Crippen LogP contribution < -0.4 is 0 Å². The van der Waals surface area contributed by atoms with E-state index in [2.05, 4.69) is 20.9 Å². The van der Waals surface area contributed by atoms with Gasteiger partial charge in [0, 0.05) is 11.8 Å². The molecule has 13 heavy (non-hydrogen) atoms. The van der Waals surface area contributed by atoms with E-state index in [1.54, 1.807) is 0 Å². The molecule has 0 spiro atoms. The maximum absolute atomic E-state index is 12.1. The van der Waals surface area contributed by atoms with Gasteiger partial charge in [0.2, 0.25) is 0 Å². The zero-order chi connectivity index (χ0) is 10.0. The van der Waals surface area contributed by atoms with Crippen molar-refractivity contribution in [1.29, 1.82) is 0 Å². The number of pyridine rings is 1. The summed E-state index contributed by atoms with van der Waals surface area (Å²) in [5.41, 5.74) is -0.668. The van der Waals surface area contributed by atoms with E-state index in [0.29, 0.717) is 0 Å². The molecule has 0 aliphatic heterocycles. The second-order valence-electron chi connectivity index (χ2n) is 2.21. The van der Waals surface area contributed by atoms with Gasteiger partial charge in [-0.25, -0.2) is 18.6 Å². The molecule has 1 aromatic rings. The van der Waals surface area contributed by atoms with Gasteiger partial charge in [0.25, 0.3) is 6.43 Å². The maximum atomic E-state index is 12.1. The highest BCUT2D eigenvalue weighted by atomic mass is 79.9. The van der Waals surface area contributed by atoms with Gasteiger partial charge in [-0.2, -0.15) is 0 Å². The summed E-state index contributed by atoms with van der Waals surface area (Å²) >= 11 is 2.84. The van der Waals surface area contributed by atoms with Crippen LogP contribution in [-0.4, -0.2) is 16.1 Å². The summed E-state index contributed by atoms with van der Waals surface area (Å²) in [6.07, 6.45) is -1.78. The van der Waals surface area contributed by atoms with Gasteiger partial charge >= 0.3 is 5.97 Å². The van der Waals surface area contributed by atoms with Crippen LogP contribution in [0.2, 0.25) is 0 Å². The SMILES string of the molecule is O=C(O)c1cc(C(F)F)cnc1Br. The number of nitrogens with zero attached hydrogens (tertiary/aromatic N) is 1. The van der Waals surface area contributed by atoms with Crippen LogP contribution in [0.15, 0.2) is 16.9 Å². The molecule has 0 unspecified atom stereocenters. The molecule has 0 bridgehead atoms. The first-order valence-corrected chi connectivity index (χ1v) is 3.98. The van der Waals surface area contributed by atoms with Crippen LogP contribution in [0.25, 0.3) is 0 Å². The van der Waals surface area contributed by atoms with Crippen LogP contribution in [0.5, 0.6) is 0 Å². The normalized spacial score (nSPS) is 10.5. The fourth-order valence-corrected chi connectivity index (χ4v) is 1.12. The molecule has 0 aromatic carbocycles. The van der Waals surface area contributed by atoms with Crippen molar-refractivity contribution in [3.63, 3.8) is 0 Å². The zero-order valence-corrected chi connectivity index (χ0v) is 7.75. The summed E-state index contributed by atoms with van der Waals surface area (Å²) in [6.45, 7) is 0. The number of carboxylic acid groups (broad SMARTS) is 1. The molecule has 0 fully saturated rings. The van der Waals surface area contributed by atoms with E-state index in [4.69, 9.17) is 5.11 Å². The summed E-state index contributed by atoms with van der Waals surface area (Å²) in [4.78, 5) is 14.0. The molecule has 0 saturated carbocycles. The summed E-state index contributed by atoms with van der Waals surface area (Å²) in [5.74, 6) is -1.29. The minimum absolute atomic E-state index is 0.0457. The Morgan fingerprint density at radius 1 is 1.62 bits per heavy atom. The summed E-state index contributed by atoms with van der Waals surface area (Å²) in [6, 6.07) is 0.893. The summed E-state index contributed by atoms with van der Waals surface area (Å²) in [5, 5.41) is 8.56. The molecule has 1 heterocycles. The standard InChI is InChI=1S/C7H4BrF2NO2/c8-5-4(7(12)13)1-3(2-11-5)6(9)10/h1-2,6H,(H,12,13). The van der Waals surface area contributed by atoms with Gasteiger partial charge in [0.05, 0.1) is 5.56 Å². The fourth-order valence-electron chi connectivity index (χ4n) is 0.734. The van der Waals surface area contributed by atoms with Gasteiger partial charge < -0.3 is 5.11 Å². The number of halogens is 3. The molecule has 0 atom stereocenters. The quantitative estimate of drug-likeness (QED) is 0.822. The minimum Gasteiger partial charge on any atom is -0.478 e. The van der Waals surface area contributed by atoms with Crippen LogP contribution in [0.4, 0.5) is 8.78 Å². The monoisotopic (exact) mass is 251 g/mol. The lowest BCUT2D eigenvalue weighted by molar-refractivity contribution is 0.0694. The first-order chi connectivity index (χ1) is 6.02. The number of hydrogen-bond acceptors (Lipinski definition) is 2. The van der Waals surface area contributed by atoms with E-state index in [0.717, 1.165) is 12.3 Å². The molecular weight excluding hydrogens is 248 g/mol. The number of alkyl halides is 2.